The van der Waals surface area contributed by atoms with Gasteiger partial charge in [0.05, 0.1) is 18.6 Å². The van der Waals surface area contributed by atoms with E-state index in [1.165, 1.54) is 0 Å². The summed E-state index contributed by atoms with van der Waals surface area (Å²) < 4.78 is 10.6. The molecule has 150 valence electrons. The highest BCUT2D eigenvalue weighted by atomic mass is 16.7. The fourth-order valence-corrected chi connectivity index (χ4v) is 3.46. The zero-order chi connectivity index (χ0) is 19.8. The molecule has 0 saturated heterocycles. The van der Waals surface area contributed by atoms with Gasteiger partial charge in [-0.25, -0.2) is 4.79 Å². The van der Waals surface area contributed by atoms with Crippen LogP contribution < -0.4 is 0 Å². The first kappa shape index (κ1) is 21.2. The van der Waals surface area contributed by atoms with Crippen molar-refractivity contribution >= 4 is 23.4 Å². The summed E-state index contributed by atoms with van der Waals surface area (Å²) in [6, 6.07) is 0. The van der Waals surface area contributed by atoms with E-state index in [9.17, 15) is 19.5 Å². The van der Waals surface area contributed by atoms with Gasteiger partial charge in [-0.05, 0) is 44.6 Å². The SMILES string of the molecule is N=C(CCCC1C(=O)CC(O)C1=O)COC1CCCCC=CC1OC(=O)O. The molecule has 2 aliphatic rings. The molecule has 8 nitrogen and oxygen atoms in total. The Kier molecular flexibility index (Phi) is 8.12. The fourth-order valence-electron chi connectivity index (χ4n) is 3.46. The van der Waals surface area contributed by atoms with Gasteiger partial charge in [0, 0.05) is 12.1 Å². The van der Waals surface area contributed by atoms with Crippen LogP contribution in [-0.2, 0) is 19.1 Å². The average molecular weight is 381 g/mol. The molecule has 1 fully saturated rings. The summed E-state index contributed by atoms with van der Waals surface area (Å²) in [7, 11) is 0. The number of nitrogens with one attached hydrogen (secondary N) is 1. The van der Waals surface area contributed by atoms with Crippen LogP contribution in [0.3, 0.4) is 0 Å². The minimum absolute atomic E-state index is 0.0488. The lowest BCUT2D eigenvalue weighted by Crippen LogP contribution is -2.34. The maximum Gasteiger partial charge on any atom is 0.506 e. The van der Waals surface area contributed by atoms with Crippen LogP contribution in [0, 0.1) is 11.3 Å². The van der Waals surface area contributed by atoms with Crippen molar-refractivity contribution in [3.8, 4) is 0 Å². The molecule has 27 heavy (non-hydrogen) atoms. The number of carboxylic acid groups (broad SMARTS) is 1. The number of Topliss-reactive ketones (excluding diaryl/α,β-unsaturated/α-hetero) is 2. The highest BCUT2D eigenvalue weighted by molar-refractivity contribution is 6.11. The molecule has 0 amide bonds. The van der Waals surface area contributed by atoms with Crippen molar-refractivity contribution in [1.29, 1.82) is 5.41 Å². The topological polar surface area (TPSA) is 134 Å². The lowest BCUT2D eigenvalue weighted by Gasteiger charge is -2.25. The van der Waals surface area contributed by atoms with Crippen LogP contribution >= 0.6 is 0 Å². The normalized spacial score (nSPS) is 28.6. The zero-order valence-electron chi connectivity index (χ0n) is 15.3. The Morgan fingerprint density at radius 1 is 1.30 bits per heavy atom. The number of hydrogen-bond acceptors (Lipinski definition) is 7. The monoisotopic (exact) mass is 381 g/mol. The number of allylic oxidation sites excluding steroid dienone is 1. The van der Waals surface area contributed by atoms with Crippen molar-refractivity contribution in [3.63, 3.8) is 0 Å². The van der Waals surface area contributed by atoms with Crippen LogP contribution in [-0.4, -0.2) is 58.6 Å². The third-order valence-corrected chi connectivity index (χ3v) is 4.94. The van der Waals surface area contributed by atoms with Gasteiger partial charge in [-0.3, -0.25) is 9.59 Å². The number of carbonyl (C=O) groups excluding carboxylic acids is 2. The van der Waals surface area contributed by atoms with Gasteiger partial charge in [0.15, 0.2) is 5.78 Å². The van der Waals surface area contributed by atoms with E-state index in [4.69, 9.17) is 20.0 Å². The van der Waals surface area contributed by atoms with Gasteiger partial charge in [0.25, 0.3) is 0 Å². The highest BCUT2D eigenvalue weighted by Crippen LogP contribution is 2.24. The van der Waals surface area contributed by atoms with Crippen LogP contribution in [0.25, 0.3) is 0 Å². The molecule has 2 aliphatic carbocycles. The number of hydrogen-bond donors (Lipinski definition) is 3. The average Bonchev–Trinajstić information content (AvgIpc) is 2.82. The second kappa shape index (κ2) is 10.3. The van der Waals surface area contributed by atoms with E-state index in [2.05, 4.69) is 0 Å². The third-order valence-electron chi connectivity index (χ3n) is 4.94. The van der Waals surface area contributed by atoms with E-state index in [-0.39, 0.29) is 18.8 Å². The quantitative estimate of drug-likeness (QED) is 0.254. The van der Waals surface area contributed by atoms with Gasteiger partial charge in [0.2, 0.25) is 0 Å². The second-order valence-corrected chi connectivity index (χ2v) is 7.05. The first-order chi connectivity index (χ1) is 12.9. The Balaban J connectivity index is 1.76. The largest absolute Gasteiger partial charge is 0.506 e. The van der Waals surface area contributed by atoms with Gasteiger partial charge < -0.3 is 25.1 Å². The molecule has 0 spiro atoms. The van der Waals surface area contributed by atoms with Gasteiger partial charge in [0.1, 0.15) is 18.0 Å². The van der Waals surface area contributed by atoms with Crippen LogP contribution in [0.15, 0.2) is 12.2 Å². The lowest BCUT2D eigenvalue weighted by molar-refractivity contribution is -0.130. The van der Waals surface area contributed by atoms with Crippen LogP contribution in [0.4, 0.5) is 4.79 Å². The maximum atomic E-state index is 11.7. The summed E-state index contributed by atoms with van der Waals surface area (Å²) in [5.41, 5.74) is 0.313. The van der Waals surface area contributed by atoms with E-state index in [1.807, 2.05) is 6.08 Å². The molecule has 0 aromatic heterocycles. The van der Waals surface area contributed by atoms with Gasteiger partial charge >= 0.3 is 6.16 Å². The van der Waals surface area contributed by atoms with E-state index in [1.54, 1.807) is 6.08 Å². The minimum Gasteiger partial charge on any atom is -0.450 e. The molecule has 0 radical (unpaired) electrons. The van der Waals surface area contributed by atoms with Crippen molar-refractivity contribution in [2.45, 2.75) is 69.7 Å². The number of aliphatic hydroxyl groups excluding tert-OH is 1. The fraction of sp³-hybridized carbons (Fsp3) is 0.684. The van der Waals surface area contributed by atoms with E-state index in [0.29, 0.717) is 31.4 Å². The Hall–Kier alpha value is -2.06. The van der Waals surface area contributed by atoms with Crippen LogP contribution in [0.2, 0.25) is 0 Å². The molecular formula is C19H27NO7. The molecule has 2 rings (SSSR count). The lowest BCUT2D eigenvalue weighted by atomic mass is 9.97. The zero-order valence-corrected chi connectivity index (χ0v) is 15.3. The highest BCUT2D eigenvalue weighted by Gasteiger charge is 2.39. The molecule has 1 saturated carbocycles. The van der Waals surface area contributed by atoms with E-state index >= 15 is 0 Å². The summed E-state index contributed by atoms with van der Waals surface area (Å²) in [4.78, 5) is 34.2. The van der Waals surface area contributed by atoms with Crippen LogP contribution in [0.5, 0.6) is 0 Å². The maximum absolute atomic E-state index is 11.7. The van der Waals surface area contributed by atoms with Crippen molar-refractivity contribution in [3.05, 3.63) is 12.2 Å². The number of carbonyl (C=O) groups is 3. The van der Waals surface area contributed by atoms with E-state index in [0.717, 1.165) is 19.3 Å². The van der Waals surface area contributed by atoms with Crippen molar-refractivity contribution in [2.75, 3.05) is 6.61 Å². The first-order valence-corrected chi connectivity index (χ1v) is 9.37. The molecule has 0 aromatic carbocycles. The number of aliphatic hydroxyl groups is 1. The standard InChI is InChI=1S/C19H27NO7/c20-12(6-5-7-13-14(21)10-15(22)18(13)23)11-26-16-8-3-1-2-4-9-17(16)27-19(24)25/h4,9,13,15-17,20,22H,1-3,5-8,10-11H2,(H,24,25). The summed E-state index contributed by atoms with van der Waals surface area (Å²) in [5, 5.41) is 26.3. The van der Waals surface area contributed by atoms with Gasteiger partial charge in [-0.2, -0.15) is 0 Å². The first-order valence-electron chi connectivity index (χ1n) is 9.37. The smallest absolute Gasteiger partial charge is 0.450 e. The van der Waals surface area contributed by atoms with E-state index < -0.39 is 36.2 Å². The molecule has 4 unspecified atom stereocenters. The van der Waals surface area contributed by atoms with Gasteiger partial charge in [-0.15, -0.1) is 0 Å². The predicted molar refractivity (Wildman–Crippen MR) is 96.0 cm³/mol. The molecule has 8 heteroatoms. The Labute approximate surface area is 158 Å². The second-order valence-electron chi connectivity index (χ2n) is 7.05. The number of ketones is 2. The summed E-state index contributed by atoms with van der Waals surface area (Å²) in [5.74, 6) is -1.40. The van der Waals surface area contributed by atoms with Crippen LogP contribution in [0.1, 0.15) is 51.4 Å². The molecular weight excluding hydrogens is 354 g/mol. The molecule has 0 heterocycles. The molecule has 3 N–H and O–H groups in total. The molecule has 0 bridgehead atoms. The van der Waals surface area contributed by atoms with Crippen molar-refractivity contribution in [2.24, 2.45) is 5.92 Å². The Morgan fingerprint density at radius 2 is 2.07 bits per heavy atom. The molecule has 4 atom stereocenters. The van der Waals surface area contributed by atoms with Crippen molar-refractivity contribution < 1.29 is 34.1 Å². The van der Waals surface area contributed by atoms with Gasteiger partial charge in [-0.1, -0.05) is 12.5 Å². The number of rotatable bonds is 8. The summed E-state index contributed by atoms with van der Waals surface area (Å²) in [6.07, 6.45) is 4.40. The molecule has 0 aliphatic heterocycles. The Morgan fingerprint density at radius 3 is 2.74 bits per heavy atom. The minimum atomic E-state index is -1.36. The molecule has 0 aromatic rings. The Bertz CT molecular complexity index is 601. The summed E-state index contributed by atoms with van der Waals surface area (Å²) >= 11 is 0. The third kappa shape index (κ3) is 6.55. The van der Waals surface area contributed by atoms with Crippen molar-refractivity contribution in [1.82, 2.24) is 0 Å². The summed E-state index contributed by atoms with van der Waals surface area (Å²) in [6.45, 7) is 0.0488. The number of ether oxygens (including phenoxy) is 2. The predicted octanol–water partition coefficient (Wildman–Crippen LogP) is 2.27.